The van der Waals surface area contributed by atoms with E-state index in [1.165, 1.54) is 6.07 Å². The summed E-state index contributed by atoms with van der Waals surface area (Å²) < 4.78 is 25.0. The largest absolute Gasteiger partial charge is 0.493 e. The fraction of sp³-hybridized carbons (Fsp3) is 0.217. The van der Waals surface area contributed by atoms with Gasteiger partial charge in [0.05, 0.1) is 7.11 Å². The predicted molar refractivity (Wildman–Crippen MR) is 116 cm³/mol. The van der Waals surface area contributed by atoms with Gasteiger partial charge in [-0.05, 0) is 42.3 Å². The van der Waals surface area contributed by atoms with Crippen LogP contribution in [-0.4, -0.2) is 13.7 Å². The first-order chi connectivity index (χ1) is 14.1. The van der Waals surface area contributed by atoms with Crippen LogP contribution in [0.3, 0.4) is 0 Å². The number of halogens is 3. The molecule has 1 N–H and O–H groups in total. The fourth-order valence-electron chi connectivity index (χ4n) is 2.90. The molecule has 29 heavy (non-hydrogen) atoms. The maximum atomic E-state index is 13.7. The summed E-state index contributed by atoms with van der Waals surface area (Å²) in [4.78, 5) is 0. The van der Waals surface area contributed by atoms with E-state index >= 15 is 0 Å². The average molecular weight is 434 g/mol. The summed E-state index contributed by atoms with van der Waals surface area (Å²) in [7, 11) is 1.58. The van der Waals surface area contributed by atoms with E-state index in [4.69, 9.17) is 32.7 Å². The van der Waals surface area contributed by atoms with Crippen molar-refractivity contribution in [2.75, 3.05) is 13.7 Å². The Hall–Kier alpha value is -2.27. The van der Waals surface area contributed by atoms with Crippen molar-refractivity contribution in [1.29, 1.82) is 0 Å². The summed E-state index contributed by atoms with van der Waals surface area (Å²) in [6.45, 7) is 1.48. The van der Waals surface area contributed by atoms with Gasteiger partial charge in [-0.2, -0.15) is 0 Å². The van der Waals surface area contributed by atoms with Crippen molar-refractivity contribution in [3.05, 3.63) is 93.2 Å². The molecule has 0 aliphatic rings. The van der Waals surface area contributed by atoms with Crippen molar-refractivity contribution in [3.63, 3.8) is 0 Å². The van der Waals surface area contributed by atoms with Crippen LogP contribution in [0.1, 0.15) is 16.7 Å². The van der Waals surface area contributed by atoms with Crippen molar-refractivity contribution < 1.29 is 13.9 Å². The summed E-state index contributed by atoms with van der Waals surface area (Å²) in [5, 5.41) is 4.50. The molecule has 0 atom stereocenters. The molecular formula is C23H22Cl2FNO2. The Labute approximate surface area is 180 Å². The van der Waals surface area contributed by atoms with Gasteiger partial charge in [0.25, 0.3) is 0 Å². The van der Waals surface area contributed by atoms with E-state index in [9.17, 15) is 4.39 Å². The molecular weight excluding hydrogens is 412 g/mol. The minimum atomic E-state index is -0.186. The molecule has 3 nitrogen and oxygen atoms in total. The zero-order valence-corrected chi connectivity index (χ0v) is 17.6. The highest BCUT2D eigenvalue weighted by Crippen LogP contribution is 2.34. The number of rotatable bonds is 9. The Balaban J connectivity index is 1.60. The minimum Gasteiger partial charge on any atom is -0.493 e. The molecule has 3 aromatic rings. The van der Waals surface area contributed by atoms with E-state index in [-0.39, 0.29) is 5.82 Å². The second-order valence-electron chi connectivity index (χ2n) is 6.49. The van der Waals surface area contributed by atoms with Gasteiger partial charge in [-0.25, -0.2) is 4.39 Å². The zero-order valence-electron chi connectivity index (χ0n) is 16.1. The molecule has 0 bridgehead atoms. The van der Waals surface area contributed by atoms with Crippen LogP contribution in [0, 0.1) is 5.82 Å². The lowest BCUT2D eigenvalue weighted by atomic mass is 10.1. The highest BCUT2D eigenvalue weighted by atomic mass is 35.5. The molecule has 0 saturated heterocycles. The molecule has 0 saturated carbocycles. The van der Waals surface area contributed by atoms with Crippen LogP contribution in [0.25, 0.3) is 0 Å². The summed E-state index contributed by atoms with van der Waals surface area (Å²) in [6, 6.07) is 17.9. The molecule has 3 rings (SSSR count). The third kappa shape index (κ3) is 5.86. The summed E-state index contributed by atoms with van der Waals surface area (Å²) in [6.07, 6.45) is 0.598. The molecule has 0 amide bonds. The van der Waals surface area contributed by atoms with E-state index in [0.29, 0.717) is 53.2 Å². The lowest BCUT2D eigenvalue weighted by Gasteiger charge is -2.15. The minimum absolute atomic E-state index is 0.186. The smallest absolute Gasteiger partial charge is 0.163 e. The van der Waals surface area contributed by atoms with E-state index in [1.54, 1.807) is 25.3 Å². The highest BCUT2D eigenvalue weighted by Gasteiger charge is 2.12. The fourth-order valence-corrected chi connectivity index (χ4v) is 3.31. The van der Waals surface area contributed by atoms with Crippen molar-refractivity contribution >= 4 is 23.2 Å². The summed E-state index contributed by atoms with van der Waals surface area (Å²) in [5.74, 6) is 0.953. The van der Waals surface area contributed by atoms with Crippen molar-refractivity contribution in [2.24, 2.45) is 0 Å². The number of hydrogen-bond acceptors (Lipinski definition) is 3. The SMILES string of the molecule is COc1cc(CNCCc2ccccc2F)c(Cl)cc1OCc1ccccc1Cl. The van der Waals surface area contributed by atoms with Gasteiger partial charge < -0.3 is 14.8 Å². The van der Waals surface area contributed by atoms with Crippen LogP contribution in [0.2, 0.25) is 10.0 Å². The van der Waals surface area contributed by atoms with E-state index in [2.05, 4.69) is 5.32 Å². The lowest BCUT2D eigenvalue weighted by molar-refractivity contribution is 0.284. The highest BCUT2D eigenvalue weighted by molar-refractivity contribution is 6.31. The van der Waals surface area contributed by atoms with Gasteiger partial charge in [0.1, 0.15) is 12.4 Å². The molecule has 0 aliphatic heterocycles. The van der Waals surface area contributed by atoms with Crippen LogP contribution < -0.4 is 14.8 Å². The van der Waals surface area contributed by atoms with Gasteiger partial charge in [-0.3, -0.25) is 0 Å². The lowest BCUT2D eigenvalue weighted by Crippen LogP contribution is -2.17. The molecule has 0 aromatic heterocycles. The Morgan fingerprint density at radius 1 is 0.862 bits per heavy atom. The summed E-state index contributed by atoms with van der Waals surface area (Å²) in [5.41, 5.74) is 2.44. The second kappa shape index (κ2) is 10.5. The van der Waals surface area contributed by atoms with Crippen LogP contribution in [0.5, 0.6) is 11.5 Å². The second-order valence-corrected chi connectivity index (χ2v) is 7.31. The van der Waals surface area contributed by atoms with Gasteiger partial charge >= 0.3 is 0 Å². The zero-order chi connectivity index (χ0) is 20.6. The number of hydrogen-bond donors (Lipinski definition) is 1. The average Bonchev–Trinajstić information content (AvgIpc) is 2.73. The maximum absolute atomic E-state index is 13.7. The Bertz CT molecular complexity index is 965. The Kier molecular flexibility index (Phi) is 7.76. The van der Waals surface area contributed by atoms with Gasteiger partial charge in [-0.1, -0.05) is 59.6 Å². The van der Waals surface area contributed by atoms with Crippen molar-refractivity contribution in [1.82, 2.24) is 5.32 Å². The number of ether oxygens (including phenoxy) is 2. The van der Waals surface area contributed by atoms with Crippen LogP contribution in [0.4, 0.5) is 4.39 Å². The van der Waals surface area contributed by atoms with E-state index in [0.717, 1.165) is 11.1 Å². The number of nitrogens with one attached hydrogen (secondary N) is 1. The maximum Gasteiger partial charge on any atom is 0.163 e. The Morgan fingerprint density at radius 2 is 1.59 bits per heavy atom. The van der Waals surface area contributed by atoms with Gasteiger partial charge in [0.2, 0.25) is 0 Å². The molecule has 0 radical (unpaired) electrons. The third-order valence-electron chi connectivity index (χ3n) is 4.52. The van der Waals surface area contributed by atoms with Crippen molar-refractivity contribution in [2.45, 2.75) is 19.6 Å². The van der Waals surface area contributed by atoms with Crippen LogP contribution >= 0.6 is 23.2 Å². The molecule has 0 fully saturated rings. The monoisotopic (exact) mass is 433 g/mol. The number of methoxy groups -OCH3 is 1. The van der Waals surface area contributed by atoms with Crippen LogP contribution in [-0.2, 0) is 19.6 Å². The van der Waals surface area contributed by atoms with Gasteiger partial charge in [0, 0.05) is 28.2 Å². The standard InChI is InChI=1S/C23H22Cl2FNO2/c1-28-22-12-18(14-27-11-10-16-6-3-5-9-21(16)26)20(25)13-23(22)29-15-17-7-2-4-8-19(17)24/h2-9,12-13,27H,10-11,14-15H2,1H3. The quantitative estimate of drug-likeness (QED) is 0.416. The first-order valence-corrected chi connectivity index (χ1v) is 10.0. The molecule has 0 spiro atoms. The first kappa shape index (κ1) is 21.4. The normalized spacial score (nSPS) is 10.8. The van der Waals surface area contributed by atoms with Crippen molar-refractivity contribution in [3.8, 4) is 11.5 Å². The number of benzene rings is 3. The molecule has 0 heterocycles. The molecule has 152 valence electrons. The molecule has 6 heteroatoms. The predicted octanol–water partition coefficient (Wildman–Crippen LogP) is 6.05. The third-order valence-corrected chi connectivity index (χ3v) is 5.24. The molecule has 3 aromatic carbocycles. The topological polar surface area (TPSA) is 30.5 Å². The van der Waals surface area contributed by atoms with Crippen LogP contribution in [0.15, 0.2) is 60.7 Å². The van der Waals surface area contributed by atoms with E-state index < -0.39 is 0 Å². The Morgan fingerprint density at radius 3 is 2.31 bits per heavy atom. The van der Waals surface area contributed by atoms with E-state index in [1.807, 2.05) is 36.4 Å². The summed E-state index contributed by atoms with van der Waals surface area (Å²) >= 11 is 12.6. The molecule has 0 aliphatic carbocycles. The van der Waals surface area contributed by atoms with Gasteiger partial charge in [-0.15, -0.1) is 0 Å². The first-order valence-electron chi connectivity index (χ1n) is 9.25. The molecule has 0 unspecified atom stereocenters. The van der Waals surface area contributed by atoms with Gasteiger partial charge in [0.15, 0.2) is 11.5 Å².